The zero-order chi connectivity index (χ0) is 14.7. The number of hydrogen-bond acceptors (Lipinski definition) is 4. The Morgan fingerprint density at radius 2 is 1.90 bits per heavy atom. The first-order chi connectivity index (χ1) is 9.45. The van der Waals surface area contributed by atoms with Gasteiger partial charge in [-0.3, -0.25) is 4.79 Å². The first-order valence-electron chi connectivity index (χ1n) is 5.91. The molecule has 0 bridgehead atoms. The number of phenols is 1. The van der Waals surface area contributed by atoms with Crippen LogP contribution in [0.25, 0.3) is 0 Å². The molecule has 0 saturated heterocycles. The van der Waals surface area contributed by atoms with E-state index in [1.54, 1.807) is 23.1 Å². The molecule has 0 fully saturated rings. The summed E-state index contributed by atoms with van der Waals surface area (Å²) >= 11 is 5.91. The summed E-state index contributed by atoms with van der Waals surface area (Å²) in [6, 6.07) is 9.39. The number of aromatic hydroxyl groups is 1. The Kier molecular flexibility index (Phi) is 4.10. The molecule has 1 aromatic carbocycles. The molecule has 2 rings (SSSR count). The molecule has 0 saturated carbocycles. The van der Waals surface area contributed by atoms with Crippen LogP contribution in [0.4, 0.5) is 11.5 Å². The fourth-order valence-corrected chi connectivity index (χ4v) is 1.80. The van der Waals surface area contributed by atoms with Crippen LogP contribution < -0.4 is 10.2 Å². The number of rotatable bonds is 3. The van der Waals surface area contributed by atoms with Gasteiger partial charge in [0.05, 0.1) is 0 Å². The number of hydrogen-bond donors (Lipinski definition) is 2. The van der Waals surface area contributed by atoms with Crippen LogP contribution in [-0.4, -0.2) is 30.1 Å². The van der Waals surface area contributed by atoms with Gasteiger partial charge in [-0.2, -0.15) is 0 Å². The second-order valence-corrected chi connectivity index (χ2v) is 4.82. The summed E-state index contributed by atoms with van der Waals surface area (Å²) in [4.78, 5) is 18.0. The van der Waals surface area contributed by atoms with Crippen molar-refractivity contribution in [2.75, 3.05) is 24.3 Å². The van der Waals surface area contributed by atoms with Crippen molar-refractivity contribution >= 4 is 29.0 Å². The van der Waals surface area contributed by atoms with Crippen molar-refractivity contribution in [3.05, 3.63) is 47.1 Å². The lowest BCUT2D eigenvalue weighted by Crippen LogP contribution is -2.15. The van der Waals surface area contributed by atoms with Crippen LogP contribution >= 0.6 is 11.6 Å². The molecule has 6 heteroatoms. The Bertz CT molecular complexity index is 627. The van der Waals surface area contributed by atoms with Gasteiger partial charge in [0.2, 0.25) is 0 Å². The number of anilines is 2. The van der Waals surface area contributed by atoms with Crippen molar-refractivity contribution in [2.45, 2.75) is 0 Å². The second kappa shape index (κ2) is 5.79. The third-order valence-corrected chi connectivity index (χ3v) is 2.82. The van der Waals surface area contributed by atoms with Gasteiger partial charge in [0.1, 0.15) is 16.7 Å². The zero-order valence-electron chi connectivity index (χ0n) is 11.1. The highest BCUT2D eigenvalue weighted by Crippen LogP contribution is 2.19. The van der Waals surface area contributed by atoms with Gasteiger partial charge in [0.15, 0.2) is 0 Å². The molecule has 1 amide bonds. The van der Waals surface area contributed by atoms with Crippen LogP contribution in [-0.2, 0) is 0 Å². The Morgan fingerprint density at radius 1 is 1.25 bits per heavy atom. The van der Waals surface area contributed by atoms with E-state index in [2.05, 4.69) is 10.3 Å². The highest BCUT2D eigenvalue weighted by molar-refractivity contribution is 6.30. The number of nitrogens with zero attached hydrogens (tertiary/aromatic N) is 2. The molecule has 0 unspecified atom stereocenters. The van der Waals surface area contributed by atoms with Crippen LogP contribution in [0.2, 0.25) is 5.15 Å². The Balaban J connectivity index is 2.22. The number of halogens is 1. The maximum atomic E-state index is 12.1. The quantitative estimate of drug-likeness (QED) is 0.674. The second-order valence-electron chi connectivity index (χ2n) is 4.43. The van der Waals surface area contributed by atoms with Crippen molar-refractivity contribution in [1.82, 2.24) is 4.98 Å². The van der Waals surface area contributed by atoms with Gasteiger partial charge in [-0.25, -0.2) is 4.98 Å². The predicted octanol–water partition coefficient (Wildman–Crippen LogP) is 2.76. The molecule has 20 heavy (non-hydrogen) atoms. The van der Waals surface area contributed by atoms with Crippen molar-refractivity contribution in [2.24, 2.45) is 0 Å². The number of nitrogens with one attached hydrogen (secondary N) is 1. The molecule has 0 spiro atoms. The highest BCUT2D eigenvalue weighted by atomic mass is 35.5. The Morgan fingerprint density at radius 3 is 2.50 bits per heavy atom. The predicted molar refractivity (Wildman–Crippen MR) is 79.6 cm³/mol. The fourth-order valence-electron chi connectivity index (χ4n) is 1.59. The van der Waals surface area contributed by atoms with Gasteiger partial charge in [-0.15, -0.1) is 0 Å². The lowest BCUT2D eigenvalue weighted by atomic mass is 10.2. The number of pyridine rings is 1. The lowest BCUT2D eigenvalue weighted by Gasteiger charge is -2.13. The minimum Gasteiger partial charge on any atom is -0.508 e. The summed E-state index contributed by atoms with van der Waals surface area (Å²) in [5, 5.41) is 12.2. The van der Waals surface area contributed by atoms with E-state index in [1.807, 2.05) is 14.1 Å². The van der Waals surface area contributed by atoms with Gasteiger partial charge in [0.25, 0.3) is 5.91 Å². The van der Waals surface area contributed by atoms with Gasteiger partial charge in [-0.1, -0.05) is 11.6 Å². The fraction of sp³-hybridized carbons (Fsp3) is 0.143. The number of aromatic nitrogens is 1. The summed E-state index contributed by atoms with van der Waals surface area (Å²) in [5.41, 5.74) is 1.01. The average Bonchev–Trinajstić information content (AvgIpc) is 2.40. The summed E-state index contributed by atoms with van der Waals surface area (Å²) in [6.07, 6.45) is 0. The van der Waals surface area contributed by atoms with E-state index in [0.717, 1.165) is 0 Å². The molecular formula is C14H14ClN3O2. The minimum atomic E-state index is -0.289. The SMILES string of the molecule is CN(C)c1cc(C(=O)Nc2ccc(O)cc2)cc(Cl)n1. The number of phenolic OH excluding ortho intramolecular Hbond substituents is 1. The number of benzene rings is 1. The van der Waals surface area contributed by atoms with Crippen LogP contribution in [0.5, 0.6) is 5.75 Å². The van der Waals surface area contributed by atoms with Gasteiger partial charge >= 0.3 is 0 Å². The molecule has 2 N–H and O–H groups in total. The number of carbonyl (C=O) groups excluding carboxylic acids is 1. The molecule has 0 aliphatic rings. The van der Waals surface area contributed by atoms with Crippen molar-refractivity contribution in [3.63, 3.8) is 0 Å². The van der Waals surface area contributed by atoms with Crippen LogP contribution in [0.3, 0.4) is 0 Å². The normalized spacial score (nSPS) is 10.2. The molecule has 0 atom stereocenters. The zero-order valence-corrected chi connectivity index (χ0v) is 11.8. The van der Waals surface area contributed by atoms with E-state index in [-0.39, 0.29) is 16.8 Å². The highest BCUT2D eigenvalue weighted by Gasteiger charge is 2.10. The molecule has 104 valence electrons. The van der Waals surface area contributed by atoms with Gasteiger partial charge in [-0.05, 0) is 36.4 Å². The molecule has 0 aliphatic heterocycles. The molecule has 5 nitrogen and oxygen atoms in total. The molecular weight excluding hydrogens is 278 g/mol. The third kappa shape index (κ3) is 3.39. The van der Waals surface area contributed by atoms with Crippen LogP contribution in [0.1, 0.15) is 10.4 Å². The maximum absolute atomic E-state index is 12.1. The summed E-state index contributed by atoms with van der Waals surface area (Å²) in [7, 11) is 3.64. The van der Waals surface area contributed by atoms with E-state index >= 15 is 0 Å². The minimum absolute atomic E-state index is 0.143. The molecule has 0 radical (unpaired) electrons. The van der Waals surface area contributed by atoms with Crippen molar-refractivity contribution in [3.8, 4) is 5.75 Å². The van der Waals surface area contributed by atoms with E-state index in [4.69, 9.17) is 11.6 Å². The first-order valence-corrected chi connectivity index (χ1v) is 6.29. The Labute approximate surface area is 121 Å². The largest absolute Gasteiger partial charge is 0.508 e. The molecule has 2 aromatic rings. The summed E-state index contributed by atoms with van der Waals surface area (Å²) in [5.74, 6) is 0.460. The number of carbonyl (C=O) groups is 1. The monoisotopic (exact) mass is 291 g/mol. The molecule has 1 aromatic heterocycles. The van der Waals surface area contributed by atoms with Crippen LogP contribution in [0, 0.1) is 0 Å². The topological polar surface area (TPSA) is 65.5 Å². The van der Waals surface area contributed by atoms with E-state index in [9.17, 15) is 9.90 Å². The Hall–Kier alpha value is -2.27. The van der Waals surface area contributed by atoms with E-state index in [1.165, 1.54) is 18.2 Å². The third-order valence-electron chi connectivity index (χ3n) is 2.63. The molecule has 1 heterocycles. The average molecular weight is 292 g/mol. The van der Waals surface area contributed by atoms with E-state index < -0.39 is 0 Å². The van der Waals surface area contributed by atoms with Crippen molar-refractivity contribution < 1.29 is 9.90 Å². The molecule has 0 aliphatic carbocycles. The summed E-state index contributed by atoms with van der Waals surface area (Å²) in [6.45, 7) is 0. The number of amides is 1. The van der Waals surface area contributed by atoms with Crippen LogP contribution in [0.15, 0.2) is 36.4 Å². The standard InChI is InChI=1S/C14H14ClN3O2/c1-18(2)13-8-9(7-12(15)17-13)14(20)16-10-3-5-11(19)6-4-10/h3-8,19H,1-2H3,(H,16,20). The first kappa shape index (κ1) is 14.1. The maximum Gasteiger partial charge on any atom is 0.255 e. The van der Waals surface area contributed by atoms with Crippen molar-refractivity contribution in [1.29, 1.82) is 0 Å². The van der Waals surface area contributed by atoms with E-state index in [0.29, 0.717) is 17.1 Å². The smallest absolute Gasteiger partial charge is 0.255 e. The van der Waals surface area contributed by atoms with Gasteiger partial charge in [0, 0.05) is 25.3 Å². The summed E-state index contributed by atoms with van der Waals surface area (Å²) < 4.78 is 0. The lowest BCUT2D eigenvalue weighted by molar-refractivity contribution is 0.102. The van der Waals surface area contributed by atoms with Gasteiger partial charge < -0.3 is 15.3 Å².